The molecule has 3 rings (SSSR count). The summed E-state index contributed by atoms with van der Waals surface area (Å²) < 4.78 is 39.1. The van der Waals surface area contributed by atoms with Gasteiger partial charge in [0.15, 0.2) is 5.76 Å². The van der Waals surface area contributed by atoms with Crippen molar-refractivity contribution in [3.8, 4) is 11.4 Å². The Morgan fingerprint density at radius 1 is 1.23 bits per heavy atom. The highest BCUT2D eigenvalue weighted by atomic mass is 79.9. The van der Waals surface area contributed by atoms with Gasteiger partial charge in [-0.2, -0.15) is 0 Å². The van der Waals surface area contributed by atoms with Gasteiger partial charge in [-0.15, -0.1) is 0 Å². The van der Waals surface area contributed by atoms with Gasteiger partial charge in [0.2, 0.25) is 0 Å². The Labute approximate surface area is 190 Å². The zero-order chi connectivity index (χ0) is 22.7. The minimum Gasteiger partial charge on any atom is -0.512 e. The van der Waals surface area contributed by atoms with Crippen LogP contribution in [0.4, 0.5) is 8.78 Å². The van der Waals surface area contributed by atoms with E-state index in [1.165, 1.54) is 17.7 Å². The van der Waals surface area contributed by atoms with Crippen LogP contribution in [-0.4, -0.2) is 16.8 Å². The normalized spacial score (nSPS) is 11.5. The van der Waals surface area contributed by atoms with Crippen molar-refractivity contribution in [3.05, 3.63) is 97.0 Å². The number of hydrogen-bond donors (Lipinski definition) is 1. The zero-order valence-electron chi connectivity index (χ0n) is 16.5. The van der Waals surface area contributed by atoms with Crippen LogP contribution in [0.2, 0.25) is 5.02 Å². The number of nitrogens with zero attached hydrogens (tertiary/aromatic N) is 1. The second kappa shape index (κ2) is 9.53. The van der Waals surface area contributed by atoms with Crippen LogP contribution in [0.25, 0.3) is 11.4 Å². The molecule has 5 nitrogen and oxygen atoms in total. The largest absolute Gasteiger partial charge is 0.512 e. The lowest BCUT2D eigenvalue weighted by Gasteiger charge is -2.16. The highest BCUT2D eigenvalue weighted by molar-refractivity contribution is 9.10. The average molecular weight is 513 g/mol. The molecular formula is C22H17BrClF2NO4. The molecule has 1 heterocycles. The maximum atomic E-state index is 13.8. The quantitative estimate of drug-likeness (QED) is 0.417. The molecule has 1 aromatic heterocycles. The Morgan fingerprint density at radius 2 is 1.97 bits per heavy atom. The number of methoxy groups -OCH3 is 1. The monoisotopic (exact) mass is 511 g/mol. The highest BCUT2D eigenvalue weighted by Gasteiger charge is 2.17. The van der Waals surface area contributed by atoms with E-state index in [9.17, 15) is 18.7 Å². The fourth-order valence-electron chi connectivity index (χ4n) is 2.97. The van der Waals surface area contributed by atoms with Gasteiger partial charge in [0.25, 0.3) is 5.56 Å². The lowest BCUT2D eigenvalue weighted by molar-refractivity contribution is 0.296. The molecule has 0 fully saturated rings. The SMILES string of the molecule is CO/C(=C\O)c1ccc(-n2c(C)cc(OCc3ccc(F)cc3F)c(Br)c2=O)c(Cl)c1. The van der Waals surface area contributed by atoms with E-state index in [0.29, 0.717) is 16.9 Å². The highest BCUT2D eigenvalue weighted by Crippen LogP contribution is 2.29. The van der Waals surface area contributed by atoms with Crippen molar-refractivity contribution in [2.75, 3.05) is 7.11 Å². The number of pyridine rings is 1. The molecule has 1 N–H and O–H groups in total. The number of rotatable bonds is 6. The van der Waals surface area contributed by atoms with Crippen molar-refractivity contribution in [3.63, 3.8) is 0 Å². The predicted octanol–water partition coefficient (Wildman–Crippen LogP) is 5.92. The lowest BCUT2D eigenvalue weighted by Crippen LogP contribution is -2.22. The first kappa shape index (κ1) is 22.8. The van der Waals surface area contributed by atoms with E-state index in [4.69, 9.17) is 21.1 Å². The molecule has 162 valence electrons. The summed E-state index contributed by atoms with van der Waals surface area (Å²) in [7, 11) is 1.41. The van der Waals surface area contributed by atoms with Crippen molar-refractivity contribution in [1.82, 2.24) is 4.57 Å². The molecule has 2 aromatic carbocycles. The Kier molecular flexibility index (Phi) is 7.02. The van der Waals surface area contributed by atoms with Gasteiger partial charge in [0, 0.05) is 29.0 Å². The van der Waals surface area contributed by atoms with E-state index >= 15 is 0 Å². The molecule has 0 saturated carbocycles. The van der Waals surface area contributed by atoms with E-state index in [2.05, 4.69) is 15.9 Å². The number of aliphatic hydroxyl groups is 1. The molecule has 0 aliphatic rings. The van der Waals surface area contributed by atoms with Crippen LogP contribution in [0.5, 0.6) is 5.75 Å². The minimum atomic E-state index is -0.736. The topological polar surface area (TPSA) is 60.7 Å². The van der Waals surface area contributed by atoms with E-state index in [1.54, 1.807) is 31.2 Å². The summed E-state index contributed by atoms with van der Waals surface area (Å²) in [6.07, 6.45) is 0.815. The Bertz CT molecular complexity index is 1230. The first-order valence-corrected chi connectivity index (χ1v) is 10.1. The first-order valence-electron chi connectivity index (χ1n) is 8.94. The fourth-order valence-corrected chi connectivity index (χ4v) is 3.64. The lowest BCUT2D eigenvalue weighted by atomic mass is 10.1. The molecule has 31 heavy (non-hydrogen) atoms. The molecule has 0 bridgehead atoms. The Hall–Kier alpha value is -2.84. The van der Waals surface area contributed by atoms with Crippen molar-refractivity contribution in [2.45, 2.75) is 13.5 Å². The molecule has 0 unspecified atom stereocenters. The number of benzene rings is 2. The van der Waals surface area contributed by atoms with Gasteiger partial charge in [-0.05, 0) is 53.2 Å². The van der Waals surface area contributed by atoms with Crippen molar-refractivity contribution in [1.29, 1.82) is 0 Å². The summed E-state index contributed by atoms with van der Waals surface area (Å²) in [6.45, 7) is 1.51. The number of aromatic nitrogens is 1. The zero-order valence-corrected chi connectivity index (χ0v) is 18.8. The molecular weight excluding hydrogens is 496 g/mol. The van der Waals surface area contributed by atoms with Gasteiger partial charge in [-0.3, -0.25) is 9.36 Å². The number of hydrogen-bond acceptors (Lipinski definition) is 4. The van der Waals surface area contributed by atoms with Crippen LogP contribution >= 0.6 is 27.5 Å². The van der Waals surface area contributed by atoms with Crippen LogP contribution in [0, 0.1) is 18.6 Å². The Morgan fingerprint density at radius 3 is 2.58 bits per heavy atom. The van der Waals surface area contributed by atoms with Gasteiger partial charge < -0.3 is 14.6 Å². The molecule has 0 saturated heterocycles. The Balaban J connectivity index is 1.96. The average Bonchev–Trinajstić information content (AvgIpc) is 2.73. The van der Waals surface area contributed by atoms with Crippen molar-refractivity contribution < 1.29 is 23.4 Å². The van der Waals surface area contributed by atoms with Crippen LogP contribution < -0.4 is 10.3 Å². The third-order valence-electron chi connectivity index (χ3n) is 4.51. The molecule has 0 aliphatic carbocycles. The molecule has 3 aromatic rings. The van der Waals surface area contributed by atoms with E-state index in [-0.39, 0.29) is 33.2 Å². The van der Waals surface area contributed by atoms with Gasteiger partial charge >= 0.3 is 0 Å². The molecule has 0 aliphatic heterocycles. The minimum absolute atomic E-state index is 0.119. The predicted molar refractivity (Wildman–Crippen MR) is 118 cm³/mol. The third-order valence-corrected chi connectivity index (χ3v) is 5.54. The van der Waals surface area contributed by atoms with Crippen LogP contribution in [0.1, 0.15) is 16.8 Å². The van der Waals surface area contributed by atoms with Gasteiger partial charge in [-0.25, -0.2) is 8.78 Å². The smallest absolute Gasteiger partial charge is 0.273 e. The van der Waals surface area contributed by atoms with E-state index in [1.807, 2.05) is 0 Å². The summed E-state index contributed by atoms with van der Waals surface area (Å²) in [6, 6.07) is 9.61. The van der Waals surface area contributed by atoms with Gasteiger partial charge in [0.1, 0.15) is 34.7 Å². The number of aliphatic hydroxyl groups excluding tert-OH is 1. The third kappa shape index (κ3) is 4.75. The van der Waals surface area contributed by atoms with E-state index in [0.717, 1.165) is 18.4 Å². The second-order valence-electron chi connectivity index (χ2n) is 6.49. The first-order chi connectivity index (χ1) is 14.8. The summed E-state index contributed by atoms with van der Waals surface area (Å²) in [5.74, 6) is -0.994. The molecule has 0 atom stereocenters. The molecule has 9 heteroatoms. The number of ether oxygens (including phenoxy) is 2. The fraction of sp³-hybridized carbons (Fsp3) is 0.136. The van der Waals surface area contributed by atoms with Crippen LogP contribution in [0.15, 0.2) is 58.0 Å². The molecule has 0 radical (unpaired) electrons. The van der Waals surface area contributed by atoms with Crippen molar-refractivity contribution >= 4 is 33.3 Å². The summed E-state index contributed by atoms with van der Waals surface area (Å²) in [4.78, 5) is 13.0. The van der Waals surface area contributed by atoms with Crippen LogP contribution in [-0.2, 0) is 11.3 Å². The number of aryl methyl sites for hydroxylation is 1. The molecule has 0 amide bonds. The van der Waals surface area contributed by atoms with Crippen LogP contribution in [0.3, 0.4) is 0 Å². The summed E-state index contributed by atoms with van der Waals surface area (Å²) >= 11 is 9.62. The summed E-state index contributed by atoms with van der Waals surface area (Å²) in [5.41, 5.74) is 1.18. The summed E-state index contributed by atoms with van der Waals surface area (Å²) in [5, 5.41) is 9.49. The maximum absolute atomic E-state index is 13.8. The number of halogens is 4. The standard InChI is InChI=1S/C22H17BrClF2NO4/c1-12-7-19(31-11-14-3-5-15(25)9-17(14)26)21(23)22(29)27(12)18-6-4-13(8-16(18)24)20(10-28)30-2/h3-10,28H,11H2,1-2H3/b20-10-. The van der Waals surface area contributed by atoms with E-state index < -0.39 is 17.2 Å². The molecule has 0 spiro atoms. The van der Waals surface area contributed by atoms with Gasteiger partial charge in [0.05, 0.1) is 17.8 Å². The second-order valence-corrected chi connectivity index (χ2v) is 7.69. The maximum Gasteiger partial charge on any atom is 0.273 e. The van der Waals surface area contributed by atoms with Crippen molar-refractivity contribution in [2.24, 2.45) is 0 Å². The van der Waals surface area contributed by atoms with Gasteiger partial charge in [-0.1, -0.05) is 11.6 Å².